The Morgan fingerprint density at radius 1 is 1.00 bits per heavy atom. The first-order valence-electron chi connectivity index (χ1n) is 10.3. The van der Waals surface area contributed by atoms with E-state index in [1.54, 1.807) is 30.2 Å². The lowest BCUT2D eigenvalue weighted by molar-refractivity contribution is -0.119. The van der Waals surface area contributed by atoms with Crippen molar-refractivity contribution in [3.8, 4) is 27.8 Å². The van der Waals surface area contributed by atoms with Crippen molar-refractivity contribution in [2.75, 3.05) is 33.2 Å². The second-order valence-corrected chi connectivity index (χ2v) is 8.37. The normalized spacial score (nSPS) is 15.2. The van der Waals surface area contributed by atoms with Crippen LogP contribution < -0.4 is 19.5 Å². The molecule has 9 nitrogen and oxygen atoms in total. The molecular weight excluding hydrogens is 444 g/mol. The van der Waals surface area contributed by atoms with Gasteiger partial charge in [0.05, 0.1) is 21.3 Å². The van der Waals surface area contributed by atoms with E-state index in [0.29, 0.717) is 45.9 Å². The number of hydrogen-bond acceptors (Lipinski definition) is 8. The van der Waals surface area contributed by atoms with Crippen LogP contribution in [0, 0.1) is 0 Å². The molecule has 0 radical (unpaired) electrons. The summed E-state index contributed by atoms with van der Waals surface area (Å²) in [6, 6.07) is 11.8. The molecule has 4 rings (SSSR count). The number of benzene rings is 2. The lowest BCUT2D eigenvalue weighted by Crippen LogP contribution is -2.43. The molecule has 1 aromatic heterocycles. The van der Waals surface area contributed by atoms with Crippen LogP contribution in [-0.4, -0.2) is 60.8 Å². The van der Waals surface area contributed by atoms with E-state index in [0.717, 1.165) is 12.0 Å². The molecule has 0 bridgehead atoms. The highest BCUT2D eigenvalue weighted by Crippen LogP contribution is 2.30. The molecule has 1 saturated heterocycles. The molecule has 0 aliphatic carbocycles. The van der Waals surface area contributed by atoms with Gasteiger partial charge in [-0.25, -0.2) is 0 Å². The van der Waals surface area contributed by atoms with Gasteiger partial charge in [-0.15, -0.1) is 10.2 Å². The molecule has 2 amide bonds. The summed E-state index contributed by atoms with van der Waals surface area (Å²) >= 11 is 1.26. The van der Waals surface area contributed by atoms with Crippen LogP contribution in [0.25, 0.3) is 10.6 Å². The van der Waals surface area contributed by atoms with Gasteiger partial charge in [0.15, 0.2) is 0 Å². The van der Waals surface area contributed by atoms with Crippen LogP contribution in [0.15, 0.2) is 42.5 Å². The monoisotopic (exact) mass is 468 g/mol. The minimum absolute atomic E-state index is 0.251. The number of ether oxygens (including phenoxy) is 3. The number of hydrogen-bond donors (Lipinski definition) is 1. The van der Waals surface area contributed by atoms with E-state index in [4.69, 9.17) is 14.2 Å². The molecule has 10 heteroatoms. The largest absolute Gasteiger partial charge is 0.497 e. The molecule has 2 aromatic carbocycles. The standard InChI is InChI=1S/C23H24N4O5S/c1-30-16-7-4-6-14(10-16)21-25-26-23(33-21)24-20(28)19-8-5-9-27(19)22(29)15-11-17(31-2)13-18(12-15)32-3/h4,6-7,10-13,19H,5,8-9H2,1-3H3,(H,24,26,28). The van der Waals surface area contributed by atoms with Gasteiger partial charge in [0.1, 0.15) is 28.3 Å². The summed E-state index contributed by atoms with van der Waals surface area (Å²) < 4.78 is 15.8. The van der Waals surface area contributed by atoms with E-state index >= 15 is 0 Å². The first kappa shape index (κ1) is 22.5. The third-order valence-electron chi connectivity index (χ3n) is 5.39. The highest BCUT2D eigenvalue weighted by atomic mass is 32.1. The van der Waals surface area contributed by atoms with Gasteiger partial charge in [-0.3, -0.25) is 14.9 Å². The lowest BCUT2D eigenvalue weighted by atomic mass is 10.1. The van der Waals surface area contributed by atoms with Crippen molar-refractivity contribution in [2.24, 2.45) is 0 Å². The number of methoxy groups -OCH3 is 3. The molecule has 33 heavy (non-hydrogen) atoms. The van der Waals surface area contributed by atoms with Crippen molar-refractivity contribution < 1.29 is 23.8 Å². The zero-order valence-corrected chi connectivity index (χ0v) is 19.3. The summed E-state index contributed by atoms with van der Waals surface area (Å²) in [4.78, 5) is 27.8. The van der Waals surface area contributed by atoms with Gasteiger partial charge >= 0.3 is 0 Å². The second-order valence-electron chi connectivity index (χ2n) is 7.39. The molecule has 1 atom stereocenters. The Morgan fingerprint density at radius 3 is 2.42 bits per heavy atom. The molecule has 0 saturated carbocycles. The molecular formula is C23H24N4O5S. The number of rotatable bonds is 7. The average Bonchev–Trinajstić information content (AvgIpc) is 3.53. The third kappa shape index (κ3) is 4.90. The minimum Gasteiger partial charge on any atom is -0.497 e. The van der Waals surface area contributed by atoms with Crippen molar-refractivity contribution in [3.63, 3.8) is 0 Å². The summed E-state index contributed by atoms with van der Waals surface area (Å²) in [5, 5.41) is 12.1. The molecule has 2 heterocycles. The van der Waals surface area contributed by atoms with Gasteiger partial charge in [0, 0.05) is 23.7 Å². The fourth-order valence-corrected chi connectivity index (χ4v) is 4.46. The Hall–Kier alpha value is -3.66. The van der Waals surface area contributed by atoms with E-state index < -0.39 is 6.04 Å². The Bertz CT molecular complexity index is 1140. The number of amides is 2. The molecule has 0 spiro atoms. The number of carbonyl (C=O) groups excluding carboxylic acids is 2. The zero-order chi connectivity index (χ0) is 23.4. The number of nitrogens with one attached hydrogen (secondary N) is 1. The van der Waals surface area contributed by atoms with Crippen molar-refractivity contribution in [2.45, 2.75) is 18.9 Å². The van der Waals surface area contributed by atoms with Crippen LogP contribution >= 0.6 is 11.3 Å². The quantitative estimate of drug-likeness (QED) is 0.566. The third-order valence-corrected chi connectivity index (χ3v) is 6.27. The highest BCUT2D eigenvalue weighted by molar-refractivity contribution is 7.18. The molecule has 1 N–H and O–H groups in total. The molecule has 1 unspecified atom stereocenters. The number of likely N-dealkylation sites (tertiary alicyclic amines) is 1. The first-order chi connectivity index (χ1) is 16.0. The summed E-state index contributed by atoms with van der Waals surface area (Å²) in [6.45, 7) is 0.488. The number of aromatic nitrogens is 2. The molecule has 3 aromatic rings. The van der Waals surface area contributed by atoms with Crippen LogP contribution in [0.1, 0.15) is 23.2 Å². The van der Waals surface area contributed by atoms with E-state index in [1.807, 2.05) is 24.3 Å². The summed E-state index contributed by atoms with van der Waals surface area (Å²) in [5.74, 6) is 1.19. The fraction of sp³-hybridized carbons (Fsp3) is 0.304. The smallest absolute Gasteiger partial charge is 0.254 e. The predicted molar refractivity (Wildman–Crippen MR) is 124 cm³/mol. The van der Waals surface area contributed by atoms with Crippen LogP contribution in [-0.2, 0) is 4.79 Å². The first-order valence-corrected chi connectivity index (χ1v) is 11.2. The van der Waals surface area contributed by atoms with Crippen molar-refractivity contribution in [1.82, 2.24) is 15.1 Å². The summed E-state index contributed by atoms with van der Waals surface area (Å²) in [6.07, 6.45) is 1.30. The second kappa shape index (κ2) is 9.86. The Kier molecular flexibility index (Phi) is 6.74. The van der Waals surface area contributed by atoms with Gasteiger partial charge in [0.25, 0.3) is 5.91 Å². The van der Waals surface area contributed by atoms with E-state index in [9.17, 15) is 9.59 Å². The van der Waals surface area contributed by atoms with Gasteiger partial charge in [-0.1, -0.05) is 23.5 Å². The molecule has 172 valence electrons. The van der Waals surface area contributed by atoms with Gasteiger partial charge in [0.2, 0.25) is 11.0 Å². The van der Waals surface area contributed by atoms with Gasteiger partial charge in [-0.2, -0.15) is 0 Å². The molecule has 1 fully saturated rings. The summed E-state index contributed by atoms with van der Waals surface area (Å²) in [5.41, 5.74) is 1.25. The van der Waals surface area contributed by atoms with E-state index in [2.05, 4.69) is 15.5 Å². The zero-order valence-electron chi connectivity index (χ0n) is 18.5. The number of anilines is 1. The topological polar surface area (TPSA) is 103 Å². The SMILES string of the molecule is COc1cc(OC)cc(C(=O)N2CCCC2C(=O)Nc2nnc(-c3cccc(OC)c3)s2)c1. The number of carbonyl (C=O) groups is 2. The Labute approximate surface area is 195 Å². The number of nitrogens with zero attached hydrogens (tertiary/aromatic N) is 3. The van der Waals surface area contributed by atoms with Crippen LogP contribution in [0.2, 0.25) is 0 Å². The van der Waals surface area contributed by atoms with Crippen molar-refractivity contribution in [3.05, 3.63) is 48.0 Å². The Morgan fingerprint density at radius 2 is 1.73 bits per heavy atom. The van der Waals surface area contributed by atoms with Gasteiger partial charge < -0.3 is 19.1 Å². The maximum atomic E-state index is 13.2. The fourth-order valence-electron chi connectivity index (χ4n) is 3.71. The van der Waals surface area contributed by atoms with Crippen LogP contribution in [0.3, 0.4) is 0 Å². The van der Waals surface area contributed by atoms with Gasteiger partial charge in [-0.05, 0) is 37.1 Å². The van der Waals surface area contributed by atoms with E-state index in [1.165, 1.54) is 25.6 Å². The lowest BCUT2D eigenvalue weighted by Gasteiger charge is -2.24. The molecule has 1 aliphatic heterocycles. The Balaban J connectivity index is 1.48. The maximum absolute atomic E-state index is 13.2. The van der Waals surface area contributed by atoms with Crippen molar-refractivity contribution >= 4 is 28.3 Å². The summed E-state index contributed by atoms with van der Waals surface area (Å²) in [7, 11) is 4.65. The molecule has 1 aliphatic rings. The minimum atomic E-state index is -0.598. The average molecular weight is 469 g/mol. The van der Waals surface area contributed by atoms with Crippen LogP contribution in [0.4, 0.5) is 5.13 Å². The van der Waals surface area contributed by atoms with E-state index in [-0.39, 0.29) is 11.8 Å². The van der Waals surface area contributed by atoms with Crippen molar-refractivity contribution in [1.29, 1.82) is 0 Å². The highest BCUT2D eigenvalue weighted by Gasteiger charge is 2.35. The maximum Gasteiger partial charge on any atom is 0.254 e. The van der Waals surface area contributed by atoms with Crippen LogP contribution in [0.5, 0.6) is 17.2 Å². The predicted octanol–water partition coefficient (Wildman–Crippen LogP) is 3.47.